The molecule has 29 heavy (non-hydrogen) atoms. The third-order valence-electron chi connectivity index (χ3n) is 3.56. The molecule has 8 nitrogen and oxygen atoms in total. The smallest absolute Gasteiger partial charge is 0.269 e. The lowest BCUT2D eigenvalue weighted by molar-refractivity contribution is -0.115. The Morgan fingerprint density at radius 2 is 2.14 bits per heavy atom. The molecule has 0 bridgehead atoms. The van der Waals surface area contributed by atoms with Gasteiger partial charge in [-0.25, -0.2) is 0 Å². The molecular formula is C18H16Cl2N6O2S. The van der Waals surface area contributed by atoms with Crippen LogP contribution in [-0.2, 0) is 11.3 Å². The van der Waals surface area contributed by atoms with E-state index >= 15 is 0 Å². The lowest BCUT2D eigenvalue weighted by atomic mass is 10.2. The van der Waals surface area contributed by atoms with Crippen LogP contribution in [0.4, 0.5) is 5.95 Å². The van der Waals surface area contributed by atoms with Gasteiger partial charge in [0.1, 0.15) is 11.5 Å². The molecule has 0 atom stereocenters. The second-order valence-electron chi connectivity index (χ2n) is 5.81. The van der Waals surface area contributed by atoms with Crippen LogP contribution in [0.1, 0.15) is 19.1 Å². The molecule has 2 N–H and O–H groups in total. The van der Waals surface area contributed by atoms with Gasteiger partial charge in [0.2, 0.25) is 5.91 Å². The van der Waals surface area contributed by atoms with Gasteiger partial charge in [-0.1, -0.05) is 35.2 Å². The summed E-state index contributed by atoms with van der Waals surface area (Å²) in [5.74, 6) is 0.809. The number of amides is 1. The summed E-state index contributed by atoms with van der Waals surface area (Å²) in [5.41, 5.74) is 0.703. The number of aryl methyl sites for hydroxylation is 1. The van der Waals surface area contributed by atoms with Crippen molar-refractivity contribution >= 4 is 58.5 Å². The van der Waals surface area contributed by atoms with E-state index in [4.69, 9.17) is 39.8 Å². The minimum absolute atomic E-state index is 0.0591. The molecule has 2 heterocycles. The van der Waals surface area contributed by atoms with Gasteiger partial charge in [0, 0.05) is 16.7 Å². The van der Waals surface area contributed by atoms with Gasteiger partial charge in [-0.05, 0) is 60.3 Å². The highest BCUT2D eigenvalue weighted by Crippen LogP contribution is 2.31. The quantitative estimate of drug-likeness (QED) is 0.429. The highest BCUT2D eigenvalue weighted by molar-refractivity contribution is 7.80. The largest absolute Gasteiger partial charge is 0.457 e. The molecule has 2 aromatic heterocycles. The Hall–Kier alpha value is -2.75. The molecule has 3 rings (SSSR count). The number of anilines is 1. The Labute approximate surface area is 181 Å². The minimum atomic E-state index is -0.439. The molecule has 3 aromatic rings. The van der Waals surface area contributed by atoms with Crippen molar-refractivity contribution in [3.63, 3.8) is 0 Å². The molecule has 1 aromatic carbocycles. The summed E-state index contributed by atoms with van der Waals surface area (Å²) in [5, 5.41) is 18.0. The average molecular weight is 451 g/mol. The number of nitrogens with one attached hydrogen (secondary N) is 2. The summed E-state index contributed by atoms with van der Waals surface area (Å²) >= 11 is 17.1. The molecule has 1 amide bonds. The molecule has 0 unspecified atom stereocenters. The Kier molecular flexibility index (Phi) is 6.97. The third kappa shape index (κ3) is 5.86. The Morgan fingerprint density at radius 1 is 1.31 bits per heavy atom. The van der Waals surface area contributed by atoms with Crippen LogP contribution >= 0.6 is 35.4 Å². The van der Waals surface area contributed by atoms with Gasteiger partial charge in [-0.2, -0.15) is 4.80 Å². The van der Waals surface area contributed by atoms with Crippen molar-refractivity contribution in [1.82, 2.24) is 25.5 Å². The minimum Gasteiger partial charge on any atom is -0.457 e. The first-order chi connectivity index (χ1) is 13.9. The number of benzene rings is 1. The maximum absolute atomic E-state index is 12.0. The molecule has 0 aliphatic heterocycles. The normalized spacial score (nSPS) is 11.0. The number of carbonyl (C=O) groups excluding carboxylic acids is 1. The van der Waals surface area contributed by atoms with Crippen LogP contribution in [-0.4, -0.2) is 31.2 Å². The highest BCUT2D eigenvalue weighted by atomic mass is 35.5. The molecule has 0 radical (unpaired) electrons. The fraction of sp³-hybridized carbons (Fsp3) is 0.167. The van der Waals surface area contributed by atoms with E-state index in [1.807, 2.05) is 6.92 Å². The predicted molar refractivity (Wildman–Crippen MR) is 116 cm³/mol. The van der Waals surface area contributed by atoms with E-state index in [1.165, 1.54) is 16.9 Å². The maximum atomic E-state index is 12.0. The van der Waals surface area contributed by atoms with E-state index in [9.17, 15) is 4.79 Å². The molecule has 0 fully saturated rings. The van der Waals surface area contributed by atoms with Gasteiger partial charge in [-0.15, -0.1) is 5.10 Å². The van der Waals surface area contributed by atoms with E-state index in [-0.39, 0.29) is 11.1 Å². The van der Waals surface area contributed by atoms with Crippen molar-refractivity contribution in [3.8, 4) is 11.3 Å². The third-order valence-corrected chi connectivity index (χ3v) is 4.31. The van der Waals surface area contributed by atoms with Gasteiger partial charge in [0.15, 0.2) is 5.11 Å². The number of furan rings is 1. The van der Waals surface area contributed by atoms with Crippen molar-refractivity contribution in [3.05, 3.63) is 52.2 Å². The second kappa shape index (κ2) is 9.64. The standard InChI is InChI=1S/C18H16Cl2N6O2S/c1-2-9-26-24-17(23-25-26)22-18(29)21-16(27)8-5-12-4-7-15(28-12)13-6-3-11(19)10-14(13)20/h3-8,10H,2,9H2,1H3,(H2,21,22,24,27,29)/b8-5+. The maximum Gasteiger partial charge on any atom is 0.269 e. The summed E-state index contributed by atoms with van der Waals surface area (Å²) in [6.07, 6.45) is 3.68. The van der Waals surface area contributed by atoms with Crippen molar-refractivity contribution in [2.45, 2.75) is 19.9 Å². The van der Waals surface area contributed by atoms with Gasteiger partial charge in [0.05, 0.1) is 11.6 Å². The number of hydrogen-bond acceptors (Lipinski definition) is 6. The number of tetrazole rings is 1. The number of hydrogen-bond donors (Lipinski definition) is 2. The fourth-order valence-electron chi connectivity index (χ4n) is 2.31. The number of rotatable bonds is 6. The Balaban J connectivity index is 1.56. The Bertz CT molecular complexity index is 1060. The molecule has 0 spiro atoms. The van der Waals surface area contributed by atoms with Crippen molar-refractivity contribution < 1.29 is 9.21 Å². The first kappa shape index (κ1) is 21.0. The van der Waals surface area contributed by atoms with Gasteiger partial charge in [0.25, 0.3) is 5.95 Å². The summed E-state index contributed by atoms with van der Waals surface area (Å²) in [4.78, 5) is 13.5. The molecule has 150 valence electrons. The van der Waals surface area contributed by atoms with E-state index in [2.05, 4.69) is 26.0 Å². The SMILES string of the molecule is CCCn1nnc(NC(=S)NC(=O)/C=C/c2ccc(-c3ccc(Cl)cc3Cl)o2)n1. The van der Waals surface area contributed by atoms with Crippen LogP contribution in [0.15, 0.2) is 40.8 Å². The van der Waals surface area contributed by atoms with Crippen molar-refractivity contribution in [1.29, 1.82) is 0 Å². The highest BCUT2D eigenvalue weighted by Gasteiger charge is 2.09. The molecular weight excluding hydrogens is 435 g/mol. The van der Waals surface area contributed by atoms with Crippen molar-refractivity contribution in [2.75, 3.05) is 5.32 Å². The lowest BCUT2D eigenvalue weighted by Crippen LogP contribution is -2.33. The monoisotopic (exact) mass is 450 g/mol. The zero-order valence-corrected chi connectivity index (χ0v) is 17.6. The molecule has 0 saturated carbocycles. The van der Waals surface area contributed by atoms with Crippen molar-refractivity contribution in [2.24, 2.45) is 0 Å². The Morgan fingerprint density at radius 3 is 2.90 bits per heavy atom. The van der Waals surface area contributed by atoms with Gasteiger partial charge >= 0.3 is 0 Å². The first-order valence-corrected chi connectivity index (χ1v) is 9.74. The van der Waals surface area contributed by atoms with Crippen LogP contribution in [0.2, 0.25) is 10.0 Å². The van der Waals surface area contributed by atoms with Gasteiger partial charge < -0.3 is 4.42 Å². The summed E-state index contributed by atoms with van der Waals surface area (Å²) < 4.78 is 5.69. The number of thiocarbonyl (C=S) groups is 1. The van der Waals surface area contributed by atoms with Crippen LogP contribution in [0.3, 0.4) is 0 Å². The molecule has 11 heteroatoms. The number of halogens is 2. The van der Waals surface area contributed by atoms with Crippen LogP contribution < -0.4 is 10.6 Å². The lowest BCUT2D eigenvalue weighted by Gasteiger charge is -2.03. The number of carbonyl (C=O) groups is 1. The summed E-state index contributed by atoms with van der Waals surface area (Å²) in [6.45, 7) is 2.64. The summed E-state index contributed by atoms with van der Waals surface area (Å²) in [6, 6.07) is 8.59. The zero-order valence-electron chi connectivity index (χ0n) is 15.2. The van der Waals surface area contributed by atoms with Crippen LogP contribution in [0.5, 0.6) is 0 Å². The zero-order chi connectivity index (χ0) is 20.8. The van der Waals surface area contributed by atoms with Crippen LogP contribution in [0, 0.1) is 0 Å². The number of nitrogens with zero attached hydrogens (tertiary/aromatic N) is 4. The molecule has 0 aliphatic carbocycles. The van der Waals surface area contributed by atoms with E-state index in [1.54, 1.807) is 30.3 Å². The first-order valence-electron chi connectivity index (χ1n) is 8.57. The fourth-order valence-corrected chi connectivity index (χ4v) is 3.00. The van der Waals surface area contributed by atoms with E-state index in [0.717, 1.165) is 6.42 Å². The topological polar surface area (TPSA) is 97.9 Å². The van der Waals surface area contributed by atoms with Gasteiger partial charge in [-0.3, -0.25) is 15.4 Å². The van der Waals surface area contributed by atoms with E-state index < -0.39 is 5.91 Å². The van der Waals surface area contributed by atoms with E-state index in [0.29, 0.717) is 33.7 Å². The molecule has 0 saturated heterocycles. The predicted octanol–water partition coefficient (Wildman–Crippen LogP) is 4.18. The summed E-state index contributed by atoms with van der Waals surface area (Å²) in [7, 11) is 0. The molecule has 0 aliphatic rings. The number of aromatic nitrogens is 4. The average Bonchev–Trinajstić information content (AvgIpc) is 3.30. The second-order valence-corrected chi connectivity index (χ2v) is 7.06. The van der Waals surface area contributed by atoms with Crippen LogP contribution in [0.25, 0.3) is 17.4 Å².